The summed E-state index contributed by atoms with van der Waals surface area (Å²) in [6.07, 6.45) is 3.05. The molecule has 0 aliphatic carbocycles. The maximum absolute atomic E-state index is 12.7. The predicted molar refractivity (Wildman–Crippen MR) is 55.0 cm³/mol. The number of nitrogens with zero attached hydrogens (tertiary/aromatic N) is 3. The van der Waals surface area contributed by atoms with Crippen molar-refractivity contribution < 1.29 is 4.39 Å². The summed E-state index contributed by atoms with van der Waals surface area (Å²) in [7, 11) is 0. The van der Waals surface area contributed by atoms with Crippen molar-refractivity contribution in [1.82, 2.24) is 14.8 Å². The molecule has 0 saturated heterocycles. The molecule has 1 atom stereocenters. The van der Waals surface area contributed by atoms with Gasteiger partial charge in [-0.1, -0.05) is 12.1 Å². The van der Waals surface area contributed by atoms with Crippen molar-refractivity contribution in [2.24, 2.45) is 0 Å². The SMILES string of the molecule is Fc1ccc(C(Cl)Cn2cncn2)cc1. The van der Waals surface area contributed by atoms with Crippen LogP contribution in [0.15, 0.2) is 36.9 Å². The fourth-order valence-electron chi connectivity index (χ4n) is 1.27. The smallest absolute Gasteiger partial charge is 0.137 e. The molecule has 0 bridgehead atoms. The molecule has 0 fully saturated rings. The Balaban J connectivity index is 2.08. The van der Waals surface area contributed by atoms with Gasteiger partial charge in [0.2, 0.25) is 0 Å². The van der Waals surface area contributed by atoms with Crippen LogP contribution in [0, 0.1) is 5.82 Å². The van der Waals surface area contributed by atoms with Crippen molar-refractivity contribution in [2.45, 2.75) is 11.9 Å². The Morgan fingerprint density at radius 2 is 2.07 bits per heavy atom. The quantitative estimate of drug-likeness (QED) is 0.751. The van der Waals surface area contributed by atoms with E-state index in [9.17, 15) is 4.39 Å². The third-order valence-electron chi connectivity index (χ3n) is 2.05. The Labute approximate surface area is 91.5 Å². The number of aromatic nitrogens is 3. The van der Waals surface area contributed by atoms with E-state index in [4.69, 9.17) is 11.6 Å². The van der Waals surface area contributed by atoms with E-state index < -0.39 is 0 Å². The van der Waals surface area contributed by atoms with Crippen LogP contribution in [0.3, 0.4) is 0 Å². The van der Waals surface area contributed by atoms with Crippen LogP contribution in [0.2, 0.25) is 0 Å². The zero-order chi connectivity index (χ0) is 10.7. The Morgan fingerprint density at radius 3 is 2.67 bits per heavy atom. The van der Waals surface area contributed by atoms with E-state index in [1.165, 1.54) is 18.5 Å². The van der Waals surface area contributed by atoms with Gasteiger partial charge in [0.25, 0.3) is 0 Å². The molecular formula is C10H9ClFN3. The first-order chi connectivity index (χ1) is 7.25. The topological polar surface area (TPSA) is 30.7 Å². The van der Waals surface area contributed by atoms with Gasteiger partial charge in [-0.05, 0) is 17.7 Å². The van der Waals surface area contributed by atoms with Crippen LogP contribution in [0.5, 0.6) is 0 Å². The molecule has 15 heavy (non-hydrogen) atoms. The monoisotopic (exact) mass is 225 g/mol. The van der Waals surface area contributed by atoms with Crippen molar-refractivity contribution in [3.8, 4) is 0 Å². The lowest BCUT2D eigenvalue weighted by Gasteiger charge is -2.09. The van der Waals surface area contributed by atoms with Crippen LogP contribution in [-0.2, 0) is 6.54 Å². The zero-order valence-electron chi connectivity index (χ0n) is 7.85. The van der Waals surface area contributed by atoms with E-state index >= 15 is 0 Å². The van der Waals surface area contributed by atoms with Gasteiger partial charge in [0.05, 0.1) is 11.9 Å². The molecule has 0 N–H and O–H groups in total. The molecule has 1 heterocycles. The molecule has 1 unspecified atom stereocenters. The first-order valence-electron chi connectivity index (χ1n) is 4.47. The maximum Gasteiger partial charge on any atom is 0.137 e. The molecule has 2 rings (SSSR count). The Bertz CT molecular complexity index is 413. The second-order valence-corrected chi connectivity index (χ2v) is 3.66. The van der Waals surface area contributed by atoms with E-state index in [0.29, 0.717) is 6.54 Å². The third kappa shape index (κ3) is 2.53. The minimum absolute atomic E-state index is 0.229. The van der Waals surface area contributed by atoms with Gasteiger partial charge in [0.1, 0.15) is 18.5 Å². The average Bonchev–Trinajstić information content (AvgIpc) is 2.71. The minimum Gasteiger partial charge on any atom is -0.251 e. The highest BCUT2D eigenvalue weighted by atomic mass is 35.5. The standard InChI is InChI=1S/C10H9ClFN3/c11-10(5-15-7-13-6-14-15)8-1-3-9(12)4-2-8/h1-4,6-7,10H,5H2. The summed E-state index contributed by atoms with van der Waals surface area (Å²) in [5.74, 6) is -0.261. The van der Waals surface area contributed by atoms with E-state index in [2.05, 4.69) is 10.1 Å². The minimum atomic E-state index is -0.261. The van der Waals surface area contributed by atoms with Crippen molar-refractivity contribution in [3.05, 3.63) is 48.3 Å². The molecule has 0 aliphatic heterocycles. The van der Waals surface area contributed by atoms with E-state index in [1.54, 1.807) is 23.1 Å². The average molecular weight is 226 g/mol. The second kappa shape index (κ2) is 4.40. The van der Waals surface area contributed by atoms with Crippen LogP contribution in [0.4, 0.5) is 4.39 Å². The summed E-state index contributed by atoms with van der Waals surface area (Å²) >= 11 is 6.14. The Morgan fingerprint density at radius 1 is 1.33 bits per heavy atom. The van der Waals surface area contributed by atoms with Gasteiger partial charge in [0, 0.05) is 0 Å². The Hall–Kier alpha value is -1.42. The molecule has 2 aromatic rings. The summed E-state index contributed by atoms with van der Waals surface area (Å²) in [6, 6.07) is 6.13. The fourth-order valence-corrected chi connectivity index (χ4v) is 1.56. The summed E-state index contributed by atoms with van der Waals surface area (Å²) < 4.78 is 14.3. The van der Waals surface area contributed by atoms with Gasteiger partial charge < -0.3 is 0 Å². The first-order valence-corrected chi connectivity index (χ1v) is 4.91. The summed E-state index contributed by atoms with van der Waals surface area (Å²) in [5.41, 5.74) is 0.869. The normalized spacial score (nSPS) is 12.7. The van der Waals surface area contributed by atoms with Crippen molar-refractivity contribution in [1.29, 1.82) is 0 Å². The number of alkyl halides is 1. The Kier molecular flexibility index (Phi) is 2.97. The highest BCUT2D eigenvalue weighted by Crippen LogP contribution is 2.21. The number of halogens is 2. The molecule has 1 aromatic heterocycles. The van der Waals surface area contributed by atoms with Gasteiger partial charge >= 0.3 is 0 Å². The zero-order valence-corrected chi connectivity index (χ0v) is 8.60. The van der Waals surface area contributed by atoms with E-state index in [1.807, 2.05) is 0 Å². The lowest BCUT2D eigenvalue weighted by Crippen LogP contribution is -2.04. The fraction of sp³-hybridized carbons (Fsp3) is 0.200. The number of rotatable bonds is 3. The van der Waals surface area contributed by atoms with Gasteiger partial charge in [-0.25, -0.2) is 9.37 Å². The number of hydrogen-bond acceptors (Lipinski definition) is 2. The molecule has 5 heteroatoms. The van der Waals surface area contributed by atoms with E-state index in [-0.39, 0.29) is 11.2 Å². The molecule has 0 aliphatic rings. The summed E-state index contributed by atoms with van der Waals surface area (Å²) in [6.45, 7) is 0.521. The van der Waals surface area contributed by atoms with Crippen LogP contribution in [0.1, 0.15) is 10.9 Å². The first kappa shape index (κ1) is 10.1. The molecule has 0 spiro atoms. The molecule has 1 aromatic carbocycles. The largest absolute Gasteiger partial charge is 0.251 e. The molecule has 3 nitrogen and oxygen atoms in total. The van der Waals surface area contributed by atoms with Crippen molar-refractivity contribution in [3.63, 3.8) is 0 Å². The maximum atomic E-state index is 12.7. The lowest BCUT2D eigenvalue weighted by molar-refractivity contribution is 0.596. The van der Waals surface area contributed by atoms with Crippen LogP contribution in [0.25, 0.3) is 0 Å². The molecular weight excluding hydrogens is 217 g/mol. The lowest BCUT2D eigenvalue weighted by atomic mass is 10.1. The number of hydrogen-bond donors (Lipinski definition) is 0. The number of benzene rings is 1. The van der Waals surface area contributed by atoms with Crippen LogP contribution < -0.4 is 0 Å². The van der Waals surface area contributed by atoms with Gasteiger partial charge in [-0.15, -0.1) is 11.6 Å². The third-order valence-corrected chi connectivity index (χ3v) is 2.44. The van der Waals surface area contributed by atoms with Crippen LogP contribution in [-0.4, -0.2) is 14.8 Å². The highest BCUT2D eigenvalue weighted by Gasteiger charge is 2.08. The second-order valence-electron chi connectivity index (χ2n) is 3.14. The highest BCUT2D eigenvalue weighted by molar-refractivity contribution is 6.20. The molecule has 78 valence electrons. The van der Waals surface area contributed by atoms with Crippen molar-refractivity contribution >= 4 is 11.6 Å². The van der Waals surface area contributed by atoms with Gasteiger partial charge in [-0.3, -0.25) is 4.68 Å². The van der Waals surface area contributed by atoms with E-state index in [0.717, 1.165) is 5.56 Å². The molecule has 0 amide bonds. The summed E-state index contributed by atoms with van der Waals surface area (Å²) in [4.78, 5) is 3.82. The van der Waals surface area contributed by atoms with Crippen molar-refractivity contribution in [2.75, 3.05) is 0 Å². The van der Waals surface area contributed by atoms with Crippen LogP contribution >= 0.6 is 11.6 Å². The summed E-state index contributed by atoms with van der Waals surface area (Å²) in [5, 5.41) is 3.72. The molecule has 0 radical (unpaired) electrons. The van der Waals surface area contributed by atoms with Gasteiger partial charge in [0.15, 0.2) is 0 Å². The van der Waals surface area contributed by atoms with Gasteiger partial charge in [-0.2, -0.15) is 5.10 Å². The molecule has 0 saturated carbocycles. The predicted octanol–water partition coefficient (Wildman–Crippen LogP) is 2.40.